The van der Waals surface area contributed by atoms with Gasteiger partial charge < -0.3 is 4.18 Å². The number of benzene rings is 3. The Morgan fingerprint density at radius 1 is 0.903 bits per heavy atom. The molecule has 31 heavy (non-hydrogen) atoms. The summed E-state index contributed by atoms with van der Waals surface area (Å²) in [5.41, 5.74) is 0.957. The summed E-state index contributed by atoms with van der Waals surface area (Å²) in [6.07, 6.45) is 0. The Balaban J connectivity index is 1.96. The number of fused-ring (bicyclic) bond motifs is 1. The van der Waals surface area contributed by atoms with Gasteiger partial charge in [-0.1, -0.05) is 24.3 Å². The van der Waals surface area contributed by atoms with Gasteiger partial charge in [0.25, 0.3) is 20.2 Å². The third kappa shape index (κ3) is 5.42. The van der Waals surface area contributed by atoms with Gasteiger partial charge in [-0.3, -0.25) is 13.8 Å². The van der Waals surface area contributed by atoms with Crippen LogP contribution in [-0.2, 0) is 31.5 Å². The molecule has 0 fully saturated rings. The molecule has 3 rings (SSSR count). The van der Waals surface area contributed by atoms with Crippen molar-refractivity contribution in [3.8, 4) is 5.75 Å². The van der Waals surface area contributed by atoms with E-state index in [0.717, 1.165) is 12.1 Å². The molecule has 0 aliphatic heterocycles. The van der Waals surface area contributed by atoms with Gasteiger partial charge in [0.15, 0.2) is 0 Å². The lowest BCUT2D eigenvalue weighted by molar-refractivity contribution is 0.478. The zero-order valence-corrected chi connectivity index (χ0v) is 18.1. The quantitative estimate of drug-likeness (QED) is 0.338. The SMILES string of the molecule is CN=Nc1ccc(NS(=O)Oc2cc(S(=O)(=O)O)cc(S(=O)(=O)O)c2)c2ccccc12. The molecule has 3 aromatic carbocycles. The molecule has 1 unspecified atom stereocenters. The summed E-state index contributed by atoms with van der Waals surface area (Å²) in [5.74, 6) is -0.491. The minimum atomic E-state index is -4.84. The summed E-state index contributed by atoms with van der Waals surface area (Å²) in [6, 6.07) is 12.3. The van der Waals surface area contributed by atoms with Gasteiger partial charge in [-0.15, -0.1) is 0 Å². The van der Waals surface area contributed by atoms with Crippen molar-refractivity contribution in [2.45, 2.75) is 9.79 Å². The van der Waals surface area contributed by atoms with E-state index in [4.69, 9.17) is 4.18 Å². The largest absolute Gasteiger partial charge is 0.385 e. The summed E-state index contributed by atoms with van der Waals surface area (Å²) in [6.45, 7) is 0. The van der Waals surface area contributed by atoms with E-state index in [1.807, 2.05) is 0 Å². The van der Waals surface area contributed by atoms with E-state index in [1.54, 1.807) is 36.4 Å². The molecule has 0 amide bonds. The molecule has 0 saturated carbocycles. The van der Waals surface area contributed by atoms with Crippen molar-refractivity contribution in [1.29, 1.82) is 0 Å². The topological polar surface area (TPSA) is 172 Å². The minimum absolute atomic E-state index is 0.380. The summed E-state index contributed by atoms with van der Waals surface area (Å²) in [5, 5.41) is 9.10. The third-order valence-corrected chi connectivity index (χ3v) is 6.32. The maximum absolute atomic E-state index is 12.5. The Morgan fingerprint density at radius 3 is 2.03 bits per heavy atom. The van der Waals surface area contributed by atoms with Gasteiger partial charge >= 0.3 is 11.3 Å². The highest BCUT2D eigenvalue weighted by molar-refractivity contribution is 7.86. The molecule has 0 radical (unpaired) electrons. The zero-order valence-electron chi connectivity index (χ0n) is 15.7. The normalized spacial score (nSPS) is 13.4. The third-order valence-electron chi connectivity index (χ3n) is 3.92. The molecule has 0 saturated heterocycles. The lowest BCUT2D eigenvalue weighted by atomic mass is 10.1. The summed E-state index contributed by atoms with van der Waals surface area (Å²) >= 11 is -2.32. The first-order valence-corrected chi connectivity index (χ1v) is 12.2. The lowest BCUT2D eigenvalue weighted by Gasteiger charge is -2.12. The van der Waals surface area contributed by atoms with Gasteiger partial charge in [0.1, 0.15) is 5.75 Å². The summed E-state index contributed by atoms with van der Waals surface area (Å²) in [7, 11) is -8.15. The molecular formula is C17H15N3O8S3. The zero-order chi connectivity index (χ0) is 22.8. The van der Waals surface area contributed by atoms with Gasteiger partial charge in [0.05, 0.1) is 21.2 Å². The molecule has 0 aliphatic rings. The van der Waals surface area contributed by atoms with E-state index in [1.165, 1.54) is 7.05 Å². The molecule has 3 N–H and O–H groups in total. The number of rotatable bonds is 7. The van der Waals surface area contributed by atoms with Crippen LogP contribution in [0, 0.1) is 0 Å². The van der Waals surface area contributed by atoms with Crippen LogP contribution in [0.3, 0.4) is 0 Å². The van der Waals surface area contributed by atoms with Gasteiger partial charge in [0, 0.05) is 30.0 Å². The Bertz CT molecular complexity index is 1370. The molecule has 164 valence electrons. The molecule has 0 heterocycles. The first-order valence-electron chi connectivity index (χ1n) is 8.27. The fourth-order valence-electron chi connectivity index (χ4n) is 2.66. The first-order chi connectivity index (χ1) is 14.5. The number of nitrogens with one attached hydrogen (secondary N) is 1. The average molecular weight is 486 g/mol. The van der Waals surface area contributed by atoms with Crippen LogP contribution in [0.25, 0.3) is 10.8 Å². The predicted molar refractivity (Wildman–Crippen MR) is 113 cm³/mol. The highest BCUT2D eigenvalue weighted by Gasteiger charge is 2.20. The number of nitrogens with zero attached hydrogens (tertiary/aromatic N) is 2. The van der Waals surface area contributed by atoms with E-state index >= 15 is 0 Å². The Morgan fingerprint density at radius 2 is 1.48 bits per heavy atom. The van der Waals surface area contributed by atoms with Crippen molar-refractivity contribution in [2.24, 2.45) is 10.2 Å². The summed E-state index contributed by atoms with van der Waals surface area (Å²) < 4.78 is 84.1. The number of hydrogen-bond acceptors (Lipinski definition) is 8. The van der Waals surface area contributed by atoms with Gasteiger partial charge in [-0.2, -0.15) is 31.3 Å². The fraction of sp³-hybridized carbons (Fsp3) is 0.0588. The van der Waals surface area contributed by atoms with E-state index in [-0.39, 0.29) is 0 Å². The summed E-state index contributed by atoms with van der Waals surface area (Å²) in [4.78, 5) is -1.73. The van der Waals surface area contributed by atoms with Crippen LogP contribution in [0.15, 0.2) is 74.6 Å². The highest BCUT2D eigenvalue weighted by atomic mass is 32.2. The highest BCUT2D eigenvalue weighted by Crippen LogP contribution is 2.32. The molecular weight excluding hydrogens is 470 g/mol. The van der Waals surface area contributed by atoms with E-state index in [9.17, 15) is 30.1 Å². The van der Waals surface area contributed by atoms with Crippen LogP contribution in [0.5, 0.6) is 5.75 Å². The van der Waals surface area contributed by atoms with Crippen LogP contribution in [0.4, 0.5) is 11.4 Å². The van der Waals surface area contributed by atoms with E-state index in [2.05, 4.69) is 15.0 Å². The molecule has 0 aliphatic carbocycles. The van der Waals surface area contributed by atoms with Crippen molar-refractivity contribution in [1.82, 2.24) is 0 Å². The number of azo groups is 1. The van der Waals surface area contributed by atoms with Gasteiger partial charge in [-0.25, -0.2) is 0 Å². The van der Waals surface area contributed by atoms with Crippen molar-refractivity contribution in [3.63, 3.8) is 0 Å². The molecule has 14 heteroatoms. The molecule has 0 aromatic heterocycles. The molecule has 0 bridgehead atoms. The van der Waals surface area contributed by atoms with Crippen LogP contribution >= 0.6 is 0 Å². The minimum Gasteiger partial charge on any atom is -0.385 e. The Labute approximate surface area is 180 Å². The smallest absolute Gasteiger partial charge is 0.316 e. The van der Waals surface area contributed by atoms with Crippen LogP contribution in [-0.4, -0.2) is 37.2 Å². The van der Waals surface area contributed by atoms with Crippen molar-refractivity contribution < 1.29 is 34.3 Å². The fourth-order valence-corrected chi connectivity index (χ4v) is 4.48. The molecule has 11 nitrogen and oxygen atoms in total. The second-order valence-corrected chi connectivity index (χ2v) is 9.67. The Hall–Kier alpha value is -2.91. The number of anilines is 1. The maximum Gasteiger partial charge on any atom is 0.316 e. The maximum atomic E-state index is 12.5. The van der Waals surface area contributed by atoms with E-state index < -0.39 is 47.0 Å². The predicted octanol–water partition coefficient (Wildman–Crippen LogP) is 3.12. The lowest BCUT2D eigenvalue weighted by Crippen LogP contribution is -2.12. The van der Waals surface area contributed by atoms with Crippen LogP contribution in [0.1, 0.15) is 0 Å². The molecule has 1 atom stereocenters. The standard InChI is InChI=1S/C17H15N3O8S3/c1-18-19-16-6-7-17(15-5-3-2-4-14(15)16)20-29(21)28-11-8-12(30(22,23)24)10-13(9-11)31(25,26)27/h2-10,20H,1H3,(H,22,23,24)(H,25,26,27). The van der Waals surface area contributed by atoms with Crippen molar-refractivity contribution >= 4 is 53.6 Å². The monoisotopic (exact) mass is 485 g/mol. The molecule has 3 aromatic rings. The second-order valence-electron chi connectivity index (χ2n) is 5.99. The molecule has 0 spiro atoms. The van der Waals surface area contributed by atoms with Crippen molar-refractivity contribution in [3.05, 3.63) is 54.6 Å². The van der Waals surface area contributed by atoms with E-state index in [0.29, 0.717) is 28.2 Å². The number of hydrogen-bond donors (Lipinski definition) is 3. The van der Waals surface area contributed by atoms with Crippen LogP contribution < -0.4 is 8.91 Å². The first kappa shape index (κ1) is 22.8. The van der Waals surface area contributed by atoms with Gasteiger partial charge in [0.2, 0.25) is 0 Å². The van der Waals surface area contributed by atoms with Crippen molar-refractivity contribution in [2.75, 3.05) is 11.8 Å². The van der Waals surface area contributed by atoms with Gasteiger partial charge in [-0.05, 0) is 18.2 Å². The Kier molecular flexibility index (Phi) is 6.38. The van der Waals surface area contributed by atoms with Crippen LogP contribution in [0.2, 0.25) is 0 Å². The average Bonchev–Trinajstić information content (AvgIpc) is 2.68. The second kappa shape index (κ2) is 8.68.